The van der Waals surface area contributed by atoms with Gasteiger partial charge in [0.1, 0.15) is 0 Å². The zero-order valence-electron chi connectivity index (χ0n) is 4.70. The molecule has 5 heteroatoms. The second-order valence-corrected chi connectivity index (χ2v) is 3.64. The molecule has 0 aliphatic heterocycles. The van der Waals surface area contributed by atoms with E-state index in [0.29, 0.717) is 0 Å². The molecule has 2 N–H and O–H groups in total. The zero-order valence-corrected chi connectivity index (χ0v) is 6.96. The van der Waals surface area contributed by atoms with Gasteiger partial charge in [0.2, 0.25) is 4.33 Å². The molecule has 54 valence electrons. The van der Waals surface area contributed by atoms with Crippen LogP contribution in [0.2, 0.25) is 0 Å². The topological polar surface area (TPSA) is 43.1 Å². The Bertz CT molecular complexity index is 123. The fraction of sp³-hybridized carbons (Fsp3) is 0.750. The van der Waals surface area contributed by atoms with Crippen LogP contribution in [0.1, 0.15) is 6.92 Å². The summed E-state index contributed by atoms with van der Waals surface area (Å²) in [6.45, 7) is 1.49. The van der Waals surface area contributed by atoms with E-state index in [-0.39, 0.29) is 0 Å². The molecule has 0 spiro atoms. The van der Waals surface area contributed by atoms with Crippen molar-refractivity contribution >= 4 is 40.7 Å². The summed E-state index contributed by atoms with van der Waals surface area (Å²) in [5.41, 5.74) is 4.78. The third-order valence-corrected chi connectivity index (χ3v) is 2.41. The fourth-order valence-electron chi connectivity index (χ4n) is 0.196. The minimum atomic E-state index is -1.65. The Morgan fingerprint density at radius 1 is 1.67 bits per heavy atom. The van der Waals surface area contributed by atoms with Crippen molar-refractivity contribution in [3.63, 3.8) is 0 Å². The number of primary amides is 1. The van der Waals surface area contributed by atoms with Gasteiger partial charge in [0.25, 0.3) is 5.91 Å². The summed E-state index contributed by atoms with van der Waals surface area (Å²) >= 11 is 16.1. The van der Waals surface area contributed by atoms with Gasteiger partial charge in [-0.25, -0.2) is 0 Å². The van der Waals surface area contributed by atoms with Crippen molar-refractivity contribution in [3.05, 3.63) is 0 Å². The highest BCUT2D eigenvalue weighted by atomic mass is 35.5. The molecule has 0 aromatic rings. The van der Waals surface area contributed by atoms with Gasteiger partial charge in [-0.1, -0.05) is 23.2 Å². The highest BCUT2D eigenvalue weighted by Crippen LogP contribution is 2.28. The molecule has 1 amide bonds. The Balaban J connectivity index is 4.19. The number of hydrogen-bond donors (Lipinski definition) is 1. The lowest BCUT2D eigenvalue weighted by molar-refractivity contribution is -0.118. The average Bonchev–Trinajstić information content (AvgIpc) is 1.65. The van der Waals surface area contributed by atoms with E-state index in [0.717, 1.165) is 0 Å². The van der Waals surface area contributed by atoms with Crippen LogP contribution in [0.3, 0.4) is 0 Å². The van der Waals surface area contributed by atoms with Crippen LogP contribution in [0.25, 0.3) is 0 Å². The van der Waals surface area contributed by atoms with Crippen LogP contribution in [0.15, 0.2) is 0 Å². The van der Waals surface area contributed by atoms with Gasteiger partial charge in [-0.15, -0.1) is 11.6 Å². The van der Waals surface area contributed by atoms with Crippen LogP contribution in [0, 0.1) is 0 Å². The number of alkyl halides is 3. The molecule has 0 bridgehead atoms. The van der Waals surface area contributed by atoms with Crippen LogP contribution < -0.4 is 5.73 Å². The van der Waals surface area contributed by atoms with Gasteiger partial charge in [-0.2, -0.15) is 0 Å². The Kier molecular flexibility index (Phi) is 3.06. The zero-order chi connectivity index (χ0) is 7.65. The summed E-state index contributed by atoms with van der Waals surface area (Å²) in [6, 6.07) is 0. The first-order valence-corrected chi connectivity index (χ1v) is 3.40. The van der Waals surface area contributed by atoms with Crippen molar-refractivity contribution in [2.45, 2.75) is 16.6 Å². The first-order chi connectivity index (χ1) is 3.89. The van der Waals surface area contributed by atoms with Crippen LogP contribution in [0.4, 0.5) is 0 Å². The van der Waals surface area contributed by atoms with Gasteiger partial charge in [0.15, 0.2) is 0 Å². The summed E-state index contributed by atoms with van der Waals surface area (Å²) in [7, 11) is 0. The van der Waals surface area contributed by atoms with Gasteiger partial charge < -0.3 is 5.73 Å². The Morgan fingerprint density at radius 2 is 2.00 bits per heavy atom. The molecule has 0 aromatic heterocycles. The van der Waals surface area contributed by atoms with E-state index in [2.05, 4.69) is 0 Å². The van der Waals surface area contributed by atoms with Crippen LogP contribution >= 0.6 is 34.8 Å². The second kappa shape index (κ2) is 2.95. The van der Waals surface area contributed by atoms with Crippen LogP contribution in [-0.4, -0.2) is 15.6 Å². The number of hydrogen-bond acceptors (Lipinski definition) is 1. The molecule has 2 nitrogen and oxygen atoms in total. The minimum Gasteiger partial charge on any atom is -0.367 e. The molecule has 0 fully saturated rings. The molecule has 0 heterocycles. The van der Waals surface area contributed by atoms with Crippen molar-refractivity contribution in [2.24, 2.45) is 5.73 Å². The predicted molar refractivity (Wildman–Crippen MR) is 38.9 cm³/mol. The van der Waals surface area contributed by atoms with E-state index in [1.165, 1.54) is 6.92 Å². The van der Waals surface area contributed by atoms with Crippen molar-refractivity contribution < 1.29 is 4.79 Å². The number of amides is 1. The van der Waals surface area contributed by atoms with E-state index >= 15 is 0 Å². The third-order valence-electron chi connectivity index (χ3n) is 0.828. The quantitative estimate of drug-likeness (QED) is 0.655. The summed E-state index contributed by atoms with van der Waals surface area (Å²) in [6.07, 6.45) is 0. The Labute approximate surface area is 68.2 Å². The van der Waals surface area contributed by atoms with Crippen molar-refractivity contribution in [3.8, 4) is 0 Å². The minimum absolute atomic E-state index is 0.682. The van der Waals surface area contributed by atoms with Gasteiger partial charge in [0, 0.05) is 0 Å². The van der Waals surface area contributed by atoms with Crippen molar-refractivity contribution in [1.29, 1.82) is 0 Å². The SMILES string of the molecule is CC(Cl)C(Cl)(Cl)C(N)=O. The lowest BCUT2D eigenvalue weighted by atomic mass is 10.3. The smallest absolute Gasteiger partial charge is 0.255 e. The maximum absolute atomic E-state index is 10.3. The summed E-state index contributed by atoms with van der Waals surface area (Å²) < 4.78 is -1.65. The van der Waals surface area contributed by atoms with Gasteiger partial charge in [-0.05, 0) is 6.92 Å². The average molecular weight is 190 g/mol. The number of nitrogens with two attached hydrogens (primary N) is 1. The van der Waals surface area contributed by atoms with E-state index in [1.807, 2.05) is 0 Å². The van der Waals surface area contributed by atoms with Gasteiger partial charge in [-0.3, -0.25) is 4.79 Å². The molecule has 0 saturated carbocycles. The molecule has 0 aliphatic rings. The summed E-state index contributed by atoms with van der Waals surface area (Å²) in [5, 5.41) is -0.682. The first kappa shape index (κ1) is 9.34. The van der Waals surface area contributed by atoms with Gasteiger partial charge >= 0.3 is 0 Å². The van der Waals surface area contributed by atoms with Gasteiger partial charge in [0.05, 0.1) is 5.38 Å². The highest BCUT2D eigenvalue weighted by molar-refractivity contribution is 6.61. The lowest BCUT2D eigenvalue weighted by Crippen LogP contribution is -2.39. The van der Waals surface area contributed by atoms with E-state index in [1.54, 1.807) is 0 Å². The largest absolute Gasteiger partial charge is 0.367 e. The molecule has 0 aliphatic carbocycles. The van der Waals surface area contributed by atoms with E-state index < -0.39 is 15.6 Å². The summed E-state index contributed by atoms with van der Waals surface area (Å²) in [4.78, 5) is 10.3. The van der Waals surface area contributed by atoms with E-state index in [9.17, 15) is 4.79 Å². The van der Waals surface area contributed by atoms with Crippen molar-refractivity contribution in [1.82, 2.24) is 0 Å². The molecular formula is C4H6Cl3NO. The highest BCUT2D eigenvalue weighted by Gasteiger charge is 2.36. The lowest BCUT2D eigenvalue weighted by Gasteiger charge is -2.16. The maximum atomic E-state index is 10.3. The molecular weight excluding hydrogens is 184 g/mol. The molecule has 0 aromatic carbocycles. The molecule has 1 unspecified atom stereocenters. The fourth-order valence-corrected chi connectivity index (χ4v) is 0.304. The standard InChI is InChI=1S/C4H6Cl3NO/c1-2(5)4(6,7)3(8)9/h2H,1H3,(H2,8,9). The van der Waals surface area contributed by atoms with E-state index in [4.69, 9.17) is 40.5 Å². The number of carbonyl (C=O) groups is 1. The first-order valence-electron chi connectivity index (χ1n) is 2.21. The molecule has 9 heavy (non-hydrogen) atoms. The van der Waals surface area contributed by atoms with Crippen molar-refractivity contribution in [2.75, 3.05) is 0 Å². The number of halogens is 3. The molecule has 0 saturated heterocycles. The second-order valence-electron chi connectivity index (χ2n) is 1.60. The number of rotatable bonds is 2. The molecule has 0 rings (SSSR count). The maximum Gasteiger partial charge on any atom is 0.255 e. The summed E-state index contributed by atoms with van der Waals surface area (Å²) in [5.74, 6) is -0.826. The Hall–Kier alpha value is 0.340. The predicted octanol–water partition coefficient (Wildman–Crippen LogP) is 1.27. The number of carbonyl (C=O) groups excluding carboxylic acids is 1. The normalized spacial score (nSPS) is 15.1. The Morgan fingerprint density at radius 3 is 2.00 bits per heavy atom. The third kappa shape index (κ3) is 2.20. The van der Waals surface area contributed by atoms with Crippen LogP contribution in [0.5, 0.6) is 0 Å². The monoisotopic (exact) mass is 189 g/mol. The molecule has 1 atom stereocenters. The molecule has 0 radical (unpaired) electrons. The van der Waals surface area contributed by atoms with Crippen LogP contribution in [-0.2, 0) is 4.79 Å².